The average molecular weight is 252 g/mol. The number of hydrogen-bond acceptors (Lipinski definition) is 2. The predicted octanol–water partition coefficient (Wildman–Crippen LogP) is 2.96. The summed E-state index contributed by atoms with van der Waals surface area (Å²) in [6.45, 7) is 11.1. The van der Waals surface area contributed by atoms with Crippen LogP contribution in [0.4, 0.5) is 4.39 Å². The van der Waals surface area contributed by atoms with Crippen LogP contribution in [0.5, 0.6) is 0 Å². The monoisotopic (exact) mass is 252 g/mol. The molecule has 0 aliphatic rings. The molecule has 2 nitrogen and oxygen atoms in total. The lowest BCUT2D eigenvalue weighted by molar-refractivity contribution is 0.298. The summed E-state index contributed by atoms with van der Waals surface area (Å²) in [6.07, 6.45) is 1.11. The van der Waals surface area contributed by atoms with E-state index in [1.165, 1.54) is 0 Å². The maximum Gasteiger partial charge on any atom is 0.127 e. The van der Waals surface area contributed by atoms with Crippen molar-refractivity contribution >= 4 is 0 Å². The first-order valence-corrected chi connectivity index (χ1v) is 6.85. The lowest BCUT2D eigenvalue weighted by Crippen LogP contribution is -2.27. The number of nitrogens with one attached hydrogen (secondary N) is 1. The van der Waals surface area contributed by atoms with Crippen LogP contribution in [0, 0.1) is 12.7 Å². The van der Waals surface area contributed by atoms with Gasteiger partial charge in [-0.1, -0.05) is 26.0 Å². The number of halogens is 1. The molecule has 0 heterocycles. The van der Waals surface area contributed by atoms with Crippen molar-refractivity contribution in [3.8, 4) is 0 Å². The van der Waals surface area contributed by atoms with Gasteiger partial charge in [0.05, 0.1) is 0 Å². The second-order valence-electron chi connectivity index (χ2n) is 4.65. The highest BCUT2D eigenvalue weighted by Gasteiger charge is 2.02. The van der Waals surface area contributed by atoms with Crippen molar-refractivity contribution in [2.45, 2.75) is 33.7 Å². The molecule has 0 radical (unpaired) electrons. The molecule has 1 aromatic rings. The summed E-state index contributed by atoms with van der Waals surface area (Å²) in [5.74, 6) is -0.105. The molecule has 0 saturated carbocycles. The first-order valence-electron chi connectivity index (χ1n) is 6.85. The van der Waals surface area contributed by atoms with Gasteiger partial charge in [0.2, 0.25) is 0 Å². The largest absolute Gasteiger partial charge is 0.313 e. The van der Waals surface area contributed by atoms with Crippen molar-refractivity contribution in [2.75, 3.05) is 26.2 Å². The lowest BCUT2D eigenvalue weighted by Gasteiger charge is -2.17. The van der Waals surface area contributed by atoms with Gasteiger partial charge >= 0.3 is 0 Å². The third kappa shape index (κ3) is 5.15. The SMILES string of the molecule is CCN(CC)CCCNCc1ccc(C)cc1F. The number of rotatable bonds is 8. The molecule has 3 heteroatoms. The smallest absolute Gasteiger partial charge is 0.127 e. The molecule has 1 N–H and O–H groups in total. The Morgan fingerprint density at radius 3 is 2.56 bits per heavy atom. The molecular formula is C15H25FN2. The van der Waals surface area contributed by atoms with Crippen LogP contribution in [0.25, 0.3) is 0 Å². The van der Waals surface area contributed by atoms with Crippen molar-refractivity contribution in [1.82, 2.24) is 10.2 Å². The molecule has 1 rings (SSSR count). The van der Waals surface area contributed by atoms with Gasteiger partial charge in [-0.25, -0.2) is 4.39 Å². The average Bonchev–Trinajstić information content (AvgIpc) is 2.36. The second-order valence-corrected chi connectivity index (χ2v) is 4.65. The molecule has 0 saturated heterocycles. The van der Waals surface area contributed by atoms with Crippen molar-refractivity contribution in [3.05, 3.63) is 35.1 Å². The van der Waals surface area contributed by atoms with E-state index >= 15 is 0 Å². The molecule has 0 aliphatic heterocycles. The highest BCUT2D eigenvalue weighted by molar-refractivity contribution is 5.23. The van der Waals surface area contributed by atoms with Gasteiger partial charge in [-0.15, -0.1) is 0 Å². The molecule has 18 heavy (non-hydrogen) atoms. The van der Waals surface area contributed by atoms with Gasteiger partial charge in [0, 0.05) is 12.1 Å². The topological polar surface area (TPSA) is 15.3 Å². The summed E-state index contributed by atoms with van der Waals surface area (Å²) in [7, 11) is 0. The molecule has 1 aromatic carbocycles. The van der Waals surface area contributed by atoms with Gasteiger partial charge in [0.1, 0.15) is 5.82 Å². The minimum atomic E-state index is -0.105. The van der Waals surface area contributed by atoms with Gasteiger partial charge in [-0.3, -0.25) is 0 Å². The van der Waals surface area contributed by atoms with E-state index in [4.69, 9.17) is 0 Å². The van der Waals surface area contributed by atoms with E-state index in [1.807, 2.05) is 19.1 Å². The molecule has 0 atom stereocenters. The summed E-state index contributed by atoms with van der Waals surface area (Å²) < 4.78 is 13.5. The second kappa shape index (κ2) is 8.22. The minimum Gasteiger partial charge on any atom is -0.313 e. The van der Waals surface area contributed by atoms with Crippen LogP contribution in [0.2, 0.25) is 0 Å². The van der Waals surface area contributed by atoms with Crippen LogP contribution in [0.1, 0.15) is 31.4 Å². The standard InChI is InChI=1S/C15H25FN2/c1-4-18(5-2)10-6-9-17-12-14-8-7-13(3)11-15(14)16/h7-8,11,17H,4-6,9-10,12H2,1-3H3. The third-order valence-electron chi connectivity index (χ3n) is 3.25. The van der Waals surface area contributed by atoms with Gasteiger partial charge in [0.15, 0.2) is 0 Å². The summed E-state index contributed by atoms with van der Waals surface area (Å²) in [4.78, 5) is 2.40. The van der Waals surface area contributed by atoms with Crippen LogP contribution in [0.3, 0.4) is 0 Å². The highest BCUT2D eigenvalue weighted by atomic mass is 19.1. The molecule has 0 spiro atoms. The Labute approximate surface area is 110 Å². The van der Waals surface area contributed by atoms with E-state index < -0.39 is 0 Å². The molecule has 0 aromatic heterocycles. The highest BCUT2D eigenvalue weighted by Crippen LogP contribution is 2.09. The number of hydrogen-bond donors (Lipinski definition) is 1. The van der Waals surface area contributed by atoms with Crippen LogP contribution in [-0.2, 0) is 6.54 Å². The Morgan fingerprint density at radius 1 is 1.22 bits per heavy atom. The zero-order chi connectivity index (χ0) is 13.4. The Morgan fingerprint density at radius 2 is 1.94 bits per heavy atom. The number of aryl methyl sites for hydroxylation is 1. The predicted molar refractivity (Wildman–Crippen MR) is 75.2 cm³/mol. The molecular weight excluding hydrogens is 227 g/mol. The van der Waals surface area contributed by atoms with Crippen LogP contribution >= 0.6 is 0 Å². The summed E-state index contributed by atoms with van der Waals surface area (Å²) >= 11 is 0. The minimum absolute atomic E-state index is 0.105. The maximum atomic E-state index is 13.5. The summed E-state index contributed by atoms with van der Waals surface area (Å²) in [5.41, 5.74) is 1.72. The summed E-state index contributed by atoms with van der Waals surface area (Å²) in [5, 5.41) is 3.30. The number of nitrogens with zero attached hydrogens (tertiary/aromatic N) is 1. The van der Waals surface area contributed by atoms with Crippen molar-refractivity contribution in [2.24, 2.45) is 0 Å². The van der Waals surface area contributed by atoms with Gasteiger partial charge in [0.25, 0.3) is 0 Å². The molecule has 102 valence electrons. The van der Waals surface area contributed by atoms with Crippen LogP contribution in [-0.4, -0.2) is 31.1 Å². The Kier molecular flexibility index (Phi) is 6.91. The van der Waals surface area contributed by atoms with Gasteiger partial charge in [-0.2, -0.15) is 0 Å². The van der Waals surface area contributed by atoms with Crippen molar-refractivity contribution in [1.29, 1.82) is 0 Å². The lowest BCUT2D eigenvalue weighted by atomic mass is 10.1. The van der Waals surface area contributed by atoms with Crippen LogP contribution in [0.15, 0.2) is 18.2 Å². The van der Waals surface area contributed by atoms with Crippen LogP contribution < -0.4 is 5.32 Å². The first kappa shape index (κ1) is 15.1. The maximum absolute atomic E-state index is 13.5. The molecule has 0 unspecified atom stereocenters. The zero-order valence-corrected chi connectivity index (χ0v) is 11.8. The molecule has 0 amide bonds. The Bertz CT molecular complexity index is 348. The van der Waals surface area contributed by atoms with E-state index in [1.54, 1.807) is 6.07 Å². The Balaban J connectivity index is 2.21. The number of benzene rings is 1. The quantitative estimate of drug-likeness (QED) is 0.716. The first-order chi connectivity index (χ1) is 8.67. The summed E-state index contributed by atoms with van der Waals surface area (Å²) in [6, 6.07) is 5.41. The molecule has 0 fully saturated rings. The van der Waals surface area contributed by atoms with E-state index in [0.29, 0.717) is 6.54 Å². The van der Waals surface area contributed by atoms with E-state index in [2.05, 4.69) is 24.1 Å². The van der Waals surface area contributed by atoms with E-state index in [-0.39, 0.29) is 5.82 Å². The molecule has 0 aliphatic carbocycles. The zero-order valence-electron chi connectivity index (χ0n) is 11.8. The van der Waals surface area contributed by atoms with Gasteiger partial charge in [-0.05, 0) is 51.2 Å². The van der Waals surface area contributed by atoms with E-state index in [9.17, 15) is 4.39 Å². The van der Waals surface area contributed by atoms with Gasteiger partial charge < -0.3 is 10.2 Å². The van der Waals surface area contributed by atoms with Crippen molar-refractivity contribution in [3.63, 3.8) is 0 Å². The fourth-order valence-corrected chi connectivity index (χ4v) is 1.99. The van der Waals surface area contributed by atoms with E-state index in [0.717, 1.165) is 43.7 Å². The third-order valence-corrected chi connectivity index (χ3v) is 3.25. The van der Waals surface area contributed by atoms with Crippen molar-refractivity contribution < 1.29 is 4.39 Å². The Hall–Kier alpha value is -0.930. The molecule has 0 bridgehead atoms. The fraction of sp³-hybridized carbons (Fsp3) is 0.600. The normalized spacial score (nSPS) is 11.2. The fourth-order valence-electron chi connectivity index (χ4n) is 1.99.